The van der Waals surface area contributed by atoms with E-state index in [4.69, 9.17) is 9.57 Å². The van der Waals surface area contributed by atoms with Crippen LogP contribution in [-0.2, 0) is 20.9 Å². The molecule has 1 saturated heterocycles. The second kappa shape index (κ2) is 10.3. The van der Waals surface area contributed by atoms with Crippen LogP contribution in [0, 0.1) is 6.92 Å². The molecule has 5 rings (SSSR count). The molecule has 7 nitrogen and oxygen atoms in total. The Labute approximate surface area is 221 Å². The molecule has 1 atom stereocenters. The Bertz CT molecular complexity index is 1620. The number of ketones is 2. The maximum absolute atomic E-state index is 13.6. The van der Waals surface area contributed by atoms with Gasteiger partial charge in [-0.1, -0.05) is 23.4 Å². The third-order valence-corrected chi connectivity index (χ3v) is 7.15. The molecule has 0 saturated carbocycles. The molecular formula is C31H30N2O5. The fourth-order valence-electron chi connectivity index (χ4n) is 5.19. The summed E-state index contributed by atoms with van der Waals surface area (Å²) in [6.07, 6.45) is 1.24. The molecule has 0 N–H and O–H groups in total. The molecule has 1 aliphatic rings. The number of hydrogen-bond acceptors (Lipinski definition) is 6. The van der Waals surface area contributed by atoms with Gasteiger partial charge in [-0.05, 0) is 81.1 Å². The highest BCUT2D eigenvalue weighted by atomic mass is 16.7. The lowest BCUT2D eigenvalue weighted by molar-refractivity contribution is -0.140. The van der Waals surface area contributed by atoms with Crippen LogP contribution in [0.1, 0.15) is 71.0 Å². The van der Waals surface area contributed by atoms with Crippen molar-refractivity contribution in [2.45, 2.75) is 53.2 Å². The third kappa shape index (κ3) is 4.65. The van der Waals surface area contributed by atoms with Gasteiger partial charge in [0.25, 0.3) is 0 Å². The van der Waals surface area contributed by atoms with E-state index in [0.29, 0.717) is 29.0 Å². The van der Waals surface area contributed by atoms with Gasteiger partial charge in [0, 0.05) is 58.6 Å². The number of benzene rings is 3. The van der Waals surface area contributed by atoms with E-state index in [-0.39, 0.29) is 17.7 Å². The number of nitrogens with zero attached hydrogens (tertiary/aromatic N) is 2. The number of fused-ring (bicyclic) bond motifs is 3. The number of ether oxygens (including phenoxy) is 1. The fourth-order valence-corrected chi connectivity index (χ4v) is 5.19. The second-order valence-electron chi connectivity index (χ2n) is 9.69. The van der Waals surface area contributed by atoms with Crippen LogP contribution >= 0.6 is 0 Å². The second-order valence-corrected chi connectivity index (χ2v) is 9.69. The minimum absolute atomic E-state index is 0.0262. The average molecular weight is 511 g/mol. The highest BCUT2D eigenvalue weighted by molar-refractivity contribution is 6.16. The molecule has 4 aromatic rings. The molecule has 1 fully saturated rings. The van der Waals surface area contributed by atoms with Crippen molar-refractivity contribution in [3.05, 3.63) is 82.4 Å². The van der Waals surface area contributed by atoms with E-state index < -0.39 is 5.97 Å². The normalized spacial score (nSPS) is 15.8. The molecule has 38 heavy (non-hydrogen) atoms. The molecule has 3 aromatic carbocycles. The van der Waals surface area contributed by atoms with Crippen molar-refractivity contribution >= 4 is 45.1 Å². The number of carbonyl (C=O) groups is 3. The van der Waals surface area contributed by atoms with E-state index in [9.17, 15) is 14.4 Å². The predicted octanol–water partition coefficient (Wildman–Crippen LogP) is 6.00. The standard InChI is InChI=1S/C31H30N2O5/c1-5-33-27-12-9-21(19(3)32-38-20(4)34)16-25(27)26-17-23(10-13-28(26)33)30(35)24-11-8-22(15-18(24)2)31(36)29-7-6-14-37-29/h8-13,15-17,29H,5-7,14H2,1-4H3/b32-19+. The van der Waals surface area contributed by atoms with E-state index in [0.717, 1.165) is 52.3 Å². The van der Waals surface area contributed by atoms with Gasteiger partial charge in [0.1, 0.15) is 6.10 Å². The van der Waals surface area contributed by atoms with Crippen LogP contribution in [0.15, 0.2) is 59.8 Å². The molecule has 0 amide bonds. The molecule has 1 aliphatic heterocycles. The van der Waals surface area contributed by atoms with E-state index in [2.05, 4.69) is 16.6 Å². The largest absolute Gasteiger partial charge is 0.370 e. The molecule has 1 aromatic heterocycles. The summed E-state index contributed by atoms with van der Waals surface area (Å²) in [7, 11) is 0. The monoisotopic (exact) mass is 510 g/mol. The Balaban J connectivity index is 1.53. The minimum atomic E-state index is -0.476. The predicted molar refractivity (Wildman–Crippen MR) is 147 cm³/mol. The molecule has 1 unspecified atom stereocenters. The van der Waals surface area contributed by atoms with Crippen LogP contribution in [0.5, 0.6) is 0 Å². The first-order chi connectivity index (χ1) is 18.3. The molecule has 194 valence electrons. The van der Waals surface area contributed by atoms with Gasteiger partial charge in [0.05, 0.1) is 5.71 Å². The Hall–Kier alpha value is -4.10. The van der Waals surface area contributed by atoms with Gasteiger partial charge in [0.2, 0.25) is 0 Å². The first-order valence-corrected chi connectivity index (χ1v) is 12.9. The number of aromatic nitrogens is 1. The molecule has 0 radical (unpaired) electrons. The molecule has 0 bridgehead atoms. The summed E-state index contributed by atoms with van der Waals surface area (Å²) in [6, 6.07) is 17.0. The third-order valence-electron chi connectivity index (χ3n) is 7.15. The van der Waals surface area contributed by atoms with Gasteiger partial charge in [-0.15, -0.1) is 0 Å². The van der Waals surface area contributed by atoms with E-state index >= 15 is 0 Å². The first-order valence-electron chi connectivity index (χ1n) is 12.9. The first kappa shape index (κ1) is 25.5. The topological polar surface area (TPSA) is 87.0 Å². The van der Waals surface area contributed by atoms with Crippen LogP contribution in [0.25, 0.3) is 21.8 Å². The molecular weight excluding hydrogens is 480 g/mol. The Morgan fingerprint density at radius 3 is 2.21 bits per heavy atom. The lowest BCUT2D eigenvalue weighted by atomic mass is 9.94. The van der Waals surface area contributed by atoms with Gasteiger partial charge in [0.15, 0.2) is 11.6 Å². The quantitative estimate of drug-likeness (QED) is 0.132. The van der Waals surface area contributed by atoms with Crippen LogP contribution in [0.2, 0.25) is 0 Å². The van der Waals surface area contributed by atoms with Gasteiger partial charge in [-0.3, -0.25) is 9.59 Å². The van der Waals surface area contributed by atoms with Crippen LogP contribution in [0.3, 0.4) is 0 Å². The summed E-state index contributed by atoms with van der Waals surface area (Å²) < 4.78 is 7.75. The zero-order chi connectivity index (χ0) is 27.0. The lowest BCUT2D eigenvalue weighted by Gasteiger charge is -2.11. The van der Waals surface area contributed by atoms with Crippen molar-refractivity contribution in [3.8, 4) is 0 Å². The summed E-state index contributed by atoms with van der Waals surface area (Å²) in [4.78, 5) is 42.4. The van der Waals surface area contributed by atoms with Crippen molar-refractivity contribution in [3.63, 3.8) is 0 Å². The van der Waals surface area contributed by atoms with E-state index in [1.54, 1.807) is 25.1 Å². The number of oxime groups is 1. The fraction of sp³-hybridized carbons (Fsp3) is 0.290. The van der Waals surface area contributed by atoms with Crippen molar-refractivity contribution in [2.75, 3.05) is 6.61 Å². The summed E-state index contributed by atoms with van der Waals surface area (Å²) in [6.45, 7) is 8.43. The number of hydrogen-bond donors (Lipinski definition) is 0. The van der Waals surface area contributed by atoms with Crippen molar-refractivity contribution < 1.29 is 24.0 Å². The Morgan fingerprint density at radius 2 is 1.61 bits per heavy atom. The maximum Gasteiger partial charge on any atom is 0.331 e. The number of Topliss-reactive ketones (excluding diaryl/α,β-unsaturated/α-hetero) is 1. The van der Waals surface area contributed by atoms with E-state index in [1.807, 2.05) is 43.3 Å². The van der Waals surface area contributed by atoms with Gasteiger partial charge in [-0.25, -0.2) is 4.79 Å². The smallest absolute Gasteiger partial charge is 0.331 e. The lowest BCUT2D eigenvalue weighted by Crippen LogP contribution is -2.19. The summed E-state index contributed by atoms with van der Waals surface area (Å²) in [5.74, 6) is -0.598. The molecule has 0 aliphatic carbocycles. The zero-order valence-electron chi connectivity index (χ0n) is 22.0. The highest BCUT2D eigenvalue weighted by Crippen LogP contribution is 2.32. The average Bonchev–Trinajstić information content (AvgIpc) is 3.56. The molecule has 0 spiro atoms. The highest BCUT2D eigenvalue weighted by Gasteiger charge is 2.25. The summed E-state index contributed by atoms with van der Waals surface area (Å²) in [5.41, 5.74) is 5.96. The minimum Gasteiger partial charge on any atom is -0.370 e. The zero-order valence-corrected chi connectivity index (χ0v) is 22.0. The van der Waals surface area contributed by atoms with Crippen LogP contribution in [-0.4, -0.2) is 40.5 Å². The number of rotatable bonds is 7. The SMILES string of the molecule is CCn1c2ccc(C(=O)c3ccc(C(=O)C4CCCO4)cc3C)cc2c2cc(/C(C)=N/OC(C)=O)ccc21. The molecule has 2 heterocycles. The van der Waals surface area contributed by atoms with Gasteiger partial charge < -0.3 is 14.1 Å². The summed E-state index contributed by atoms with van der Waals surface area (Å²) in [5, 5.41) is 5.86. The Kier molecular flexibility index (Phi) is 6.95. The van der Waals surface area contributed by atoms with Crippen molar-refractivity contribution in [1.29, 1.82) is 0 Å². The van der Waals surface area contributed by atoms with Crippen LogP contribution < -0.4 is 0 Å². The van der Waals surface area contributed by atoms with Crippen LogP contribution in [0.4, 0.5) is 0 Å². The summed E-state index contributed by atoms with van der Waals surface area (Å²) >= 11 is 0. The Morgan fingerprint density at radius 1 is 0.947 bits per heavy atom. The van der Waals surface area contributed by atoms with Gasteiger partial charge >= 0.3 is 5.97 Å². The van der Waals surface area contributed by atoms with Gasteiger partial charge in [-0.2, -0.15) is 0 Å². The van der Waals surface area contributed by atoms with E-state index in [1.165, 1.54) is 6.92 Å². The van der Waals surface area contributed by atoms with Crippen molar-refractivity contribution in [2.24, 2.45) is 5.16 Å². The van der Waals surface area contributed by atoms with Crippen molar-refractivity contribution in [1.82, 2.24) is 4.57 Å². The number of carbonyl (C=O) groups excluding carboxylic acids is 3. The maximum atomic E-state index is 13.6. The number of aryl methyl sites for hydroxylation is 2. The molecule has 7 heteroatoms.